The number of aromatic nitrogens is 2. The molecule has 7 heteroatoms. The van der Waals surface area contributed by atoms with Gasteiger partial charge in [0.2, 0.25) is 5.91 Å². The summed E-state index contributed by atoms with van der Waals surface area (Å²) in [4.78, 5) is 24.9. The number of hydrogen-bond acceptors (Lipinski definition) is 4. The summed E-state index contributed by atoms with van der Waals surface area (Å²) in [5.74, 6) is -0.672. The average molecular weight is 340 g/mol. The Hall–Kier alpha value is -2.93. The van der Waals surface area contributed by atoms with Gasteiger partial charge >= 0.3 is 0 Å². The Balaban J connectivity index is 1.50. The Labute approximate surface area is 142 Å². The van der Waals surface area contributed by atoms with E-state index in [1.54, 1.807) is 17.4 Å². The molecule has 2 amide bonds. The van der Waals surface area contributed by atoms with Gasteiger partial charge in [-0.15, -0.1) is 11.3 Å². The standard InChI is InChI=1S/C17H16N4O2S/c22-16(9-8-13-7-4-10-24-13)20-21-17(23)15-11-14(18-19-15)12-5-2-1-3-6-12/h1-7,10-11H,8-9H2,(H,18,19)(H,20,22)(H,21,23). The number of nitrogens with one attached hydrogen (secondary N) is 3. The monoisotopic (exact) mass is 340 g/mol. The lowest BCUT2D eigenvalue weighted by atomic mass is 10.1. The van der Waals surface area contributed by atoms with Crippen LogP contribution in [0.2, 0.25) is 0 Å². The second kappa shape index (κ2) is 7.56. The fourth-order valence-corrected chi connectivity index (χ4v) is 2.85. The zero-order valence-corrected chi connectivity index (χ0v) is 13.6. The fourth-order valence-electron chi connectivity index (χ4n) is 2.14. The number of hydrogen-bond donors (Lipinski definition) is 3. The molecule has 6 nitrogen and oxygen atoms in total. The molecule has 0 fully saturated rings. The van der Waals surface area contributed by atoms with Crippen LogP contribution in [0, 0.1) is 0 Å². The molecule has 2 aromatic heterocycles. The van der Waals surface area contributed by atoms with Gasteiger partial charge in [0.1, 0.15) is 5.69 Å². The van der Waals surface area contributed by atoms with E-state index in [1.807, 2.05) is 47.8 Å². The van der Waals surface area contributed by atoms with Crippen molar-refractivity contribution in [2.75, 3.05) is 0 Å². The number of aryl methyl sites for hydroxylation is 1. The number of nitrogens with zero attached hydrogens (tertiary/aromatic N) is 1. The molecule has 0 radical (unpaired) electrons. The van der Waals surface area contributed by atoms with Crippen LogP contribution in [-0.2, 0) is 11.2 Å². The second-order valence-corrected chi connectivity index (χ2v) is 6.15. The predicted octanol–water partition coefficient (Wildman–Crippen LogP) is 2.53. The van der Waals surface area contributed by atoms with Crippen molar-refractivity contribution in [1.82, 2.24) is 21.0 Å². The van der Waals surface area contributed by atoms with Gasteiger partial charge in [0.15, 0.2) is 0 Å². The summed E-state index contributed by atoms with van der Waals surface area (Å²) in [7, 11) is 0. The van der Waals surface area contributed by atoms with E-state index in [0.29, 0.717) is 18.5 Å². The number of H-pyrrole nitrogens is 1. The van der Waals surface area contributed by atoms with Gasteiger partial charge in [-0.2, -0.15) is 5.10 Å². The first-order valence-corrected chi connectivity index (χ1v) is 8.33. The number of amides is 2. The number of hydrazine groups is 1. The van der Waals surface area contributed by atoms with Crippen LogP contribution in [0.25, 0.3) is 11.3 Å². The van der Waals surface area contributed by atoms with Gasteiger partial charge < -0.3 is 0 Å². The maximum Gasteiger partial charge on any atom is 0.287 e. The van der Waals surface area contributed by atoms with Crippen molar-refractivity contribution in [1.29, 1.82) is 0 Å². The van der Waals surface area contributed by atoms with Gasteiger partial charge in [-0.1, -0.05) is 36.4 Å². The van der Waals surface area contributed by atoms with Crippen LogP contribution < -0.4 is 10.9 Å². The zero-order chi connectivity index (χ0) is 16.8. The highest BCUT2D eigenvalue weighted by atomic mass is 32.1. The molecule has 122 valence electrons. The van der Waals surface area contributed by atoms with E-state index in [0.717, 1.165) is 10.4 Å². The first-order chi connectivity index (χ1) is 11.7. The third-order valence-corrected chi connectivity index (χ3v) is 4.32. The van der Waals surface area contributed by atoms with Gasteiger partial charge in [-0.25, -0.2) is 0 Å². The molecule has 0 saturated heterocycles. The number of aromatic amines is 1. The van der Waals surface area contributed by atoms with Crippen molar-refractivity contribution in [3.63, 3.8) is 0 Å². The minimum Gasteiger partial charge on any atom is -0.273 e. The Morgan fingerprint density at radius 3 is 2.67 bits per heavy atom. The molecule has 3 N–H and O–H groups in total. The molecule has 1 aromatic carbocycles. The minimum atomic E-state index is -0.436. The number of benzene rings is 1. The lowest BCUT2D eigenvalue weighted by Gasteiger charge is -2.05. The van der Waals surface area contributed by atoms with Crippen LogP contribution in [0.1, 0.15) is 21.8 Å². The van der Waals surface area contributed by atoms with Crippen molar-refractivity contribution >= 4 is 23.2 Å². The topological polar surface area (TPSA) is 86.9 Å². The third-order valence-electron chi connectivity index (χ3n) is 3.39. The fraction of sp³-hybridized carbons (Fsp3) is 0.118. The Bertz CT molecular complexity index is 812. The van der Waals surface area contributed by atoms with Crippen molar-refractivity contribution in [2.24, 2.45) is 0 Å². The molecule has 0 unspecified atom stereocenters. The number of carbonyl (C=O) groups excluding carboxylic acids is 2. The van der Waals surface area contributed by atoms with Crippen LogP contribution in [0.15, 0.2) is 53.9 Å². The summed E-state index contributed by atoms with van der Waals surface area (Å²) >= 11 is 1.61. The van der Waals surface area contributed by atoms with E-state index in [4.69, 9.17) is 0 Å². The highest BCUT2D eigenvalue weighted by molar-refractivity contribution is 7.09. The maximum atomic E-state index is 12.0. The molecule has 3 rings (SSSR count). The number of carbonyl (C=O) groups is 2. The number of rotatable bonds is 5. The summed E-state index contributed by atoms with van der Waals surface area (Å²) in [6.45, 7) is 0. The zero-order valence-electron chi connectivity index (χ0n) is 12.8. The van der Waals surface area contributed by atoms with E-state index in [2.05, 4.69) is 21.0 Å². The van der Waals surface area contributed by atoms with Crippen LogP contribution in [0.4, 0.5) is 0 Å². The van der Waals surface area contributed by atoms with Gasteiger partial charge in [0.25, 0.3) is 5.91 Å². The Kier molecular flexibility index (Phi) is 5.02. The molecule has 24 heavy (non-hydrogen) atoms. The van der Waals surface area contributed by atoms with Crippen molar-refractivity contribution in [3.05, 3.63) is 64.5 Å². The van der Waals surface area contributed by atoms with Gasteiger partial charge in [-0.05, 0) is 23.9 Å². The molecule has 0 aliphatic heterocycles. The molecular formula is C17H16N4O2S. The molecule has 0 aliphatic rings. The smallest absolute Gasteiger partial charge is 0.273 e. The van der Waals surface area contributed by atoms with Crippen molar-refractivity contribution < 1.29 is 9.59 Å². The molecule has 0 saturated carbocycles. The molecule has 0 atom stereocenters. The summed E-state index contributed by atoms with van der Waals surface area (Å²) in [5.41, 5.74) is 6.66. The van der Waals surface area contributed by atoms with Gasteiger partial charge in [-0.3, -0.25) is 25.5 Å². The van der Waals surface area contributed by atoms with Crippen LogP contribution in [-0.4, -0.2) is 22.0 Å². The quantitative estimate of drug-likeness (QED) is 0.624. The largest absolute Gasteiger partial charge is 0.287 e. The van der Waals surface area contributed by atoms with E-state index in [1.165, 1.54) is 0 Å². The molecule has 0 spiro atoms. The lowest BCUT2D eigenvalue weighted by Crippen LogP contribution is -2.41. The van der Waals surface area contributed by atoms with Crippen LogP contribution in [0.5, 0.6) is 0 Å². The van der Waals surface area contributed by atoms with Crippen LogP contribution in [0.3, 0.4) is 0 Å². The van der Waals surface area contributed by atoms with Crippen molar-refractivity contribution in [2.45, 2.75) is 12.8 Å². The van der Waals surface area contributed by atoms with Crippen molar-refractivity contribution in [3.8, 4) is 11.3 Å². The summed E-state index contributed by atoms with van der Waals surface area (Å²) in [6, 6.07) is 15.1. The summed E-state index contributed by atoms with van der Waals surface area (Å²) in [6.07, 6.45) is 0.973. The van der Waals surface area contributed by atoms with Gasteiger partial charge in [0, 0.05) is 16.9 Å². The van der Waals surface area contributed by atoms with E-state index >= 15 is 0 Å². The Morgan fingerprint density at radius 1 is 1.08 bits per heavy atom. The van der Waals surface area contributed by atoms with E-state index in [-0.39, 0.29) is 11.6 Å². The Morgan fingerprint density at radius 2 is 1.92 bits per heavy atom. The normalized spacial score (nSPS) is 10.3. The summed E-state index contributed by atoms with van der Waals surface area (Å²) < 4.78 is 0. The van der Waals surface area contributed by atoms with Gasteiger partial charge in [0.05, 0.1) is 5.69 Å². The molecule has 3 aromatic rings. The van der Waals surface area contributed by atoms with Crippen LogP contribution >= 0.6 is 11.3 Å². The second-order valence-electron chi connectivity index (χ2n) is 5.11. The third kappa shape index (κ3) is 4.08. The molecule has 0 aliphatic carbocycles. The average Bonchev–Trinajstić information content (AvgIpc) is 3.30. The molecule has 0 bridgehead atoms. The summed E-state index contributed by atoms with van der Waals surface area (Å²) in [5, 5.41) is 8.75. The first-order valence-electron chi connectivity index (χ1n) is 7.45. The molecule has 2 heterocycles. The first kappa shape index (κ1) is 15.9. The van der Waals surface area contributed by atoms with E-state index < -0.39 is 5.91 Å². The molecular weight excluding hydrogens is 324 g/mol. The highest BCUT2D eigenvalue weighted by Gasteiger charge is 2.12. The maximum absolute atomic E-state index is 12.0. The SMILES string of the molecule is O=C(CCc1cccs1)NNC(=O)c1cc(-c2ccccc2)n[nH]1. The highest BCUT2D eigenvalue weighted by Crippen LogP contribution is 2.16. The number of thiophene rings is 1. The minimum absolute atomic E-state index is 0.237. The lowest BCUT2D eigenvalue weighted by molar-refractivity contribution is -0.121. The predicted molar refractivity (Wildman–Crippen MR) is 92.3 cm³/mol. The van der Waals surface area contributed by atoms with E-state index in [9.17, 15) is 9.59 Å².